The number of fused-ring (bicyclic) bond motifs is 1. The Bertz CT molecular complexity index is 1400. The van der Waals surface area contributed by atoms with Crippen LogP contribution in [-0.2, 0) is 16.8 Å². The van der Waals surface area contributed by atoms with E-state index in [9.17, 15) is 4.79 Å². The monoisotopic (exact) mass is 511 g/mol. The molecule has 6 nitrogen and oxygen atoms in total. The number of methoxy groups -OCH3 is 1. The molecule has 5 rings (SSSR count). The Morgan fingerprint density at radius 1 is 0.947 bits per heavy atom. The van der Waals surface area contributed by atoms with Gasteiger partial charge in [-0.1, -0.05) is 57.2 Å². The van der Waals surface area contributed by atoms with Crippen LogP contribution in [0.1, 0.15) is 57.3 Å². The summed E-state index contributed by atoms with van der Waals surface area (Å²) in [6, 6.07) is 24.4. The molecule has 0 bridgehead atoms. The molecule has 1 aliphatic heterocycles. The quantitative estimate of drug-likeness (QED) is 0.234. The number of amides is 1. The number of anilines is 1. The number of hydrogen-bond donors (Lipinski definition) is 0. The third kappa shape index (κ3) is 5.40. The van der Waals surface area contributed by atoms with Gasteiger partial charge in [-0.25, -0.2) is 4.98 Å². The van der Waals surface area contributed by atoms with Crippen LogP contribution in [0.4, 0.5) is 5.69 Å². The molecule has 38 heavy (non-hydrogen) atoms. The van der Waals surface area contributed by atoms with Crippen molar-refractivity contribution in [1.29, 1.82) is 0 Å². The fourth-order valence-electron chi connectivity index (χ4n) is 5.22. The minimum absolute atomic E-state index is 0.0254. The third-order valence-corrected chi connectivity index (χ3v) is 7.32. The van der Waals surface area contributed by atoms with Crippen molar-refractivity contribution in [3.05, 3.63) is 84.2 Å². The second kappa shape index (κ2) is 10.9. The Balaban J connectivity index is 1.26. The Morgan fingerprint density at radius 3 is 2.45 bits per heavy atom. The smallest absolute Gasteiger partial charge is 0.227 e. The van der Waals surface area contributed by atoms with Crippen molar-refractivity contribution in [2.45, 2.75) is 57.9 Å². The van der Waals surface area contributed by atoms with Crippen LogP contribution in [0.5, 0.6) is 11.5 Å². The predicted octanol–water partition coefficient (Wildman–Crippen LogP) is 6.72. The first-order valence-corrected chi connectivity index (χ1v) is 13.5. The molecule has 198 valence electrons. The van der Waals surface area contributed by atoms with Gasteiger partial charge in [-0.2, -0.15) is 0 Å². The van der Waals surface area contributed by atoms with E-state index < -0.39 is 0 Å². The summed E-state index contributed by atoms with van der Waals surface area (Å²) in [6.07, 6.45) is 2.34. The minimum atomic E-state index is 0.0254. The molecule has 0 spiro atoms. The number of unbranched alkanes of at least 4 members (excludes halogenated alkanes) is 1. The van der Waals surface area contributed by atoms with Gasteiger partial charge >= 0.3 is 0 Å². The molecule has 3 aromatic carbocycles. The fraction of sp³-hybridized carbons (Fsp3) is 0.375. The Hall–Kier alpha value is -3.80. The van der Waals surface area contributed by atoms with Crippen molar-refractivity contribution in [3.63, 3.8) is 0 Å². The molecule has 1 saturated heterocycles. The van der Waals surface area contributed by atoms with E-state index in [0.29, 0.717) is 25.3 Å². The number of ether oxygens (including phenoxy) is 2. The summed E-state index contributed by atoms with van der Waals surface area (Å²) in [5.74, 6) is 2.73. The molecule has 2 heterocycles. The molecule has 0 aliphatic carbocycles. The molecule has 1 aliphatic rings. The van der Waals surface area contributed by atoms with Crippen LogP contribution in [0.15, 0.2) is 72.8 Å². The molecule has 0 N–H and O–H groups in total. The van der Waals surface area contributed by atoms with Crippen LogP contribution < -0.4 is 14.4 Å². The molecular formula is C32H37N3O3. The number of aromatic nitrogens is 2. The lowest BCUT2D eigenvalue weighted by atomic mass is 9.87. The summed E-state index contributed by atoms with van der Waals surface area (Å²) in [7, 11) is 1.64. The molecule has 1 aromatic heterocycles. The van der Waals surface area contributed by atoms with E-state index in [0.717, 1.165) is 47.7 Å². The van der Waals surface area contributed by atoms with Crippen LogP contribution in [0, 0.1) is 0 Å². The standard InChI is InChI=1S/C32H37N3O3/c1-32(2,3)24-15-17-25(18-16-24)38-20-10-9-19-34-27-12-6-5-11-26(27)33-31(34)23-21-30(36)35(22-23)28-13-7-8-14-29(28)37-4/h5-8,11-18,23H,9-10,19-22H2,1-4H3. The molecule has 1 unspecified atom stereocenters. The van der Waals surface area contributed by atoms with E-state index in [-0.39, 0.29) is 17.2 Å². The zero-order valence-corrected chi connectivity index (χ0v) is 22.8. The molecule has 4 aromatic rings. The highest BCUT2D eigenvalue weighted by molar-refractivity contribution is 5.97. The van der Waals surface area contributed by atoms with Crippen molar-refractivity contribution in [2.75, 3.05) is 25.2 Å². The van der Waals surface area contributed by atoms with E-state index in [2.05, 4.69) is 67.8 Å². The summed E-state index contributed by atoms with van der Waals surface area (Å²) in [5, 5.41) is 0. The predicted molar refractivity (Wildman–Crippen MR) is 152 cm³/mol. The maximum absolute atomic E-state index is 13.1. The highest BCUT2D eigenvalue weighted by Gasteiger charge is 2.35. The zero-order chi connectivity index (χ0) is 26.7. The van der Waals surface area contributed by atoms with Gasteiger partial charge < -0.3 is 18.9 Å². The summed E-state index contributed by atoms with van der Waals surface area (Å²) < 4.78 is 13.8. The average Bonchev–Trinajstić information content (AvgIpc) is 3.48. The van der Waals surface area contributed by atoms with Crippen LogP contribution in [0.3, 0.4) is 0 Å². The van der Waals surface area contributed by atoms with Crippen LogP contribution >= 0.6 is 0 Å². The lowest BCUT2D eigenvalue weighted by Crippen LogP contribution is -2.25. The lowest BCUT2D eigenvalue weighted by Gasteiger charge is -2.20. The number of carbonyl (C=O) groups excluding carboxylic acids is 1. The number of aryl methyl sites for hydroxylation is 1. The van der Waals surface area contributed by atoms with Gasteiger partial charge in [-0.05, 0) is 60.2 Å². The highest BCUT2D eigenvalue weighted by atomic mass is 16.5. The van der Waals surface area contributed by atoms with Crippen LogP contribution in [-0.4, -0.2) is 35.7 Å². The van der Waals surface area contributed by atoms with Gasteiger partial charge in [-0.15, -0.1) is 0 Å². The normalized spacial score (nSPS) is 15.8. The van der Waals surface area contributed by atoms with Gasteiger partial charge in [0.05, 0.1) is 30.4 Å². The molecule has 1 amide bonds. The fourth-order valence-corrected chi connectivity index (χ4v) is 5.22. The first-order chi connectivity index (χ1) is 18.3. The summed E-state index contributed by atoms with van der Waals surface area (Å²) in [6.45, 7) is 8.75. The number of nitrogens with zero attached hydrogens (tertiary/aromatic N) is 3. The zero-order valence-electron chi connectivity index (χ0n) is 22.8. The Kier molecular flexibility index (Phi) is 7.41. The maximum Gasteiger partial charge on any atom is 0.227 e. The van der Waals surface area contributed by atoms with Gasteiger partial charge in [-0.3, -0.25) is 4.79 Å². The largest absolute Gasteiger partial charge is 0.495 e. The van der Waals surface area contributed by atoms with Gasteiger partial charge in [0.25, 0.3) is 0 Å². The molecule has 1 atom stereocenters. The molecular weight excluding hydrogens is 474 g/mol. The van der Waals surface area contributed by atoms with E-state index >= 15 is 0 Å². The van der Waals surface area contributed by atoms with E-state index in [4.69, 9.17) is 14.5 Å². The van der Waals surface area contributed by atoms with Crippen molar-refractivity contribution in [1.82, 2.24) is 9.55 Å². The topological polar surface area (TPSA) is 56.6 Å². The Morgan fingerprint density at radius 2 is 1.68 bits per heavy atom. The van der Waals surface area contributed by atoms with E-state index in [1.54, 1.807) is 7.11 Å². The second-order valence-electron chi connectivity index (χ2n) is 11.0. The van der Waals surface area contributed by atoms with Crippen molar-refractivity contribution in [3.8, 4) is 11.5 Å². The Labute approximate surface area is 225 Å². The van der Waals surface area contributed by atoms with Gasteiger partial charge in [0, 0.05) is 25.4 Å². The minimum Gasteiger partial charge on any atom is -0.495 e. The van der Waals surface area contributed by atoms with Gasteiger partial charge in [0.1, 0.15) is 17.3 Å². The maximum atomic E-state index is 13.1. The molecule has 0 radical (unpaired) electrons. The highest BCUT2D eigenvalue weighted by Crippen LogP contribution is 2.37. The summed E-state index contributed by atoms with van der Waals surface area (Å²) in [4.78, 5) is 19.9. The molecule has 6 heteroatoms. The third-order valence-electron chi connectivity index (χ3n) is 7.32. The van der Waals surface area contributed by atoms with Gasteiger partial charge in [0.2, 0.25) is 5.91 Å². The number of rotatable bonds is 9. The first-order valence-electron chi connectivity index (χ1n) is 13.5. The number of para-hydroxylation sites is 4. The summed E-state index contributed by atoms with van der Waals surface area (Å²) >= 11 is 0. The summed E-state index contributed by atoms with van der Waals surface area (Å²) in [5.41, 5.74) is 4.35. The van der Waals surface area contributed by atoms with Crippen LogP contribution in [0.25, 0.3) is 11.0 Å². The van der Waals surface area contributed by atoms with Crippen molar-refractivity contribution in [2.24, 2.45) is 0 Å². The first kappa shape index (κ1) is 25.8. The molecule has 0 saturated carbocycles. The van der Waals surface area contributed by atoms with Crippen LogP contribution in [0.2, 0.25) is 0 Å². The lowest BCUT2D eigenvalue weighted by molar-refractivity contribution is -0.117. The van der Waals surface area contributed by atoms with Crippen molar-refractivity contribution >= 4 is 22.6 Å². The van der Waals surface area contributed by atoms with E-state index in [1.807, 2.05) is 35.2 Å². The SMILES string of the molecule is COc1ccccc1N1CC(c2nc3ccccc3n2CCCCOc2ccc(C(C)(C)C)cc2)CC1=O. The second-order valence-corrected chi connectivity index (χ2v) is 11.0. The number of imidazole rings is 1. The van der Waals surface area contributed by atoms with E-state index in [1.165, 1.54) is 5.56 Å². The van der Waals surface area contributed by atoms with Gasteiger partial charge in [0.15, 0.2) is 0 Å². The number of hydrogen-bond acceptors (Lipinski definition) is 4. The average molecular weight is 512 g/mol. The number of carbonyl (C=O) groups is 1. The van der Waals surface area contributed by atoms with Crippen molar-refractivity contribution < 1.29 is 14.3 Å². The molecule has 1 fully saturated rings. The number of benzene rings is 3.